The van der Waals surface area contributed by atoms with Crippen LogP contribution in [0.25, 0.3) is 16.2 Å². The molecule has 0 aliphatic carbocycles. The summed E-state index contributed by atoms with van der Waals surface area (Å²) in [6, 6.07) is 7.80. The minimum Gasteiger partial charge on any atom is -0.368 e. The van der Waals surface area contributed by atoms with Crippen LogP contribution in [0.5, 0.6) is 0 Å². The molecule has 1 aliphatic heterocycles. The summed E-state index contributed by atoms with van der Waals surface area (Å²) in [6.07, 6.45) is 1.36. The summed E-state index contributed by atoms with van der Waals surface area (Å²) >= 11 is 1.63. The third kappa shape index (κ3) is 2.82. The normalized spacial score (nSPS) is 17.7. The Morgan fingerprint density at radius 2 is 2.35 bits per heavy atom. The van der Waals surface area contributed by atoms with Gasteiger partial charge in [-0.15, -0.1) is 21.5 Å². The summed E-state index contributed by atoms with van der Waals surface area (Å²) in [5, 5.41) is 17.6. The van der Waals surface area contributed by atoms with Gasteiger partial charge in [0.05, 0.1) is 11.4 Å². The van der Waals surface area contributed by atoms with Gasteiger partial charge in [-0.05, 0) is 36.4 Å². The van der Waals surface area contributed by atoms with Gasteiger partial charge >= 0.3 is 0 Å². The Labute approximate surface area is 136 Å². The molecular formula is C15H15N5O2S. The largest absolute Gasteiger partial charge is 0.368 e. The van der Waals surface area contributed by atoms with Gasteiger partial charge in [0, 0.05) is 6.61 Å². The van der Waals surface area contributed by atoms with Crippen LogP contribution in [0.4, 0.5) is 0 Å². The van der Waals surface area contributed by atoms with Gasteiger partial charge in [-0.2, -0.15) is 9.61 Å². The molecule has 1 saturated heterocycles. The van der Waals surface area contributed by atoms with Crippen molar-refractivity contribution in [3.8, 4) is 10.6 Å². The smallest absolute Gasteiger partial charge is 0.249 e. The Hall–Kier alpha value is -2.32. The Morgan fingerprint density at radius 3 is 3.13 bits per heavy atom. The first-order valence-corrected chi connectivity index (χ1v) is 8.34. The number of carbonyl (C=O) groups excluding carboxylic acids is 1. The van der Waals surface area contributed by atoms with Crippen LogP contribution >= 0.6 is 11.3 Å². The van der Waals surface area contributed by atoms with Crippen LogP contribution in [0.15, 0.2) is 29.6 Å². The molecule has 23 heavy (non-hydrogen) atoms. The van der Waals surface area contributed by atoms with E-state index < -0.39 is 0 Å². The monoisotopic (exact) mass is 329 g/mol. The molecule has 3 aromatic heterocycles. The summed E-state index contributed by atoms with van der Waals surface area (Å²) in [7, 11) is 0. The minimum atomic E-state index is -0.344. The highest BCUT2D eigenvalue weighted by molar-refractivity contribution is 7.13. The number of nitrogens with one attached hydrogen (secondary N) is 1. The first-order valence-electron chi connectivity index (χ1n) is 7.46. The van der Waals surface area contributed by atoms with Crippen molar-refractivity contribution in [2.45, 2.75) is 25.5 Å². The van der Waals surface area contributed by atoms with Gasteiger partial charge in [0.2, 0.25) is 5.91 Å². The molecule has 0 radical (unpaired) electrons. The van der Waals surface area contributed by atoms with Crippen molar-refractivity contribution in [2.24, 2.45) is 0 Å². The Kier molecular flexibility index (Phi) is 3.76. The van der Waals surface area contributed by atoms with Gasteiger partial charge in [0.15, 0.2) is 11.5 Å². The fraction of sp³-hybridized carbons (Fsp3) is 0.333. The van der Waals surface area contributed by atoms with E-state index in [1.807, 2.05) is 29.6 Å². The highest BCUT2D eigenvalue weighted by atomic mass is 32.1. The molecule has 0 spiro atoms. The molecule has 118 valence electrons. The Morgan fingerprint density at radius 1 is 1.39 bits per heavy atom. The third-order valence-electron chi connectivity index (χ3n) is 3.74. The lowest BCUT2D eigenvalue weighted by Gasteiger charge is -2.09. The standard InChI is InChI=1S/C15H15N5O2S/c21-15(11-3-1-7-22-11)16-9-14-18-17-13-6-5-10(19-20(13)14)12-4-2-8-23-12/h2,4-6,8,11H,1,3,7,9H2,(H,16,21)/t11-/m0/s1. The highest BCUT2D eigenvalue weighted by Gasteiger charge is 2.23. The summed E-state index contributed by atoms with van der Waals surface area (Å²) in [5.74, 6) is 0.499. The van der Waals surface area contributed by atoms with Crippen molar-refractivity contribution in [1.29, 1.82) is 0 Å². The van der Waals surface area contributed by atoms with Crippen molar-refractivity contribution in [3.63, 3.8) is 0 Å². The quantitative estimate of drug-likeness (QED) is 0.787. The lowest BCUT2D eigenvalue weighted by atomic mass is 10.2. The maximum Gasteiger partial charge on any atom is 0.249 e. The number of thiophene rings is 1. The van der Waals surface area contributed by atoms with E-state index in [-0.39, 0.29) is 18.6 Å². The topological polar surface area (TPSA) is 81.4 Å². The van der Waals surface area contributed by atoms with E-state index in [0.29, 0.717) is 18.1 Å². The molecule has 4 heterocycles. The molecule has 0 bridgehead atoms. The predicted octanol–water partition coefficient (Wildman–Crippen LogP) is 1.65. The molecule has 1 N–H and O–H groups in total. The molecule has 1 aliphatic rings. The molecule has 1 atom stereocenters. The van der Waals surface area contributed by atoms with Crippen molar-refractivity contribution in [1.82, 2.24) is 25.1 Å². The highest BCUT2D eigenvalue weighted by Crippen LogP contribution is 2.22. The molecule has 0 unspecified atom stereocenters. The number of aromatic nitrogens is 4. The van der Waals surface area contributed by atoms with E-state index in [0.717, 1.165) is 23.4 Å². The zero-order chi connectivity index (χ0) is 15.6. The fourth-order valence-corrected chi connectivity index (χ4v) is 3.25. The second-order valence-corrected chi connectivity index (χ2v) is 6.25. The average Bonchev–Trinajstić information content (AvgIpc) is 3.33. The van der Waals surface area contributed by atoms with Gasteiger partial charge in [0.25, 0.3) is 0 Å². The number of rotatable bonds is 4. The summed E-state index contributed by atoms with van der Waals surface area (Å²) in [5.41, 5.74) is 1.52. The molecule has 0 saturated carbocycles. The molecular weight excluding hydrogens is 314 g/mol. The lowest BCUT2D eigenvalue weighted by Crippen LogP contribution is -2.34. The van der Waals surface area contributed by atoms with Crippen molar-refractivity contribution < 1.29 is 9.53 Å². The van der Waals surface area contributed by atoms with E-state index in [4.69, 9.17) is 4.74 Å². The van der Waals surface area contributed by atoms with Gasteiger partial charge in [-0.25, -0.2) is 0 Å². The average molecular weight is 329 g/mol. The van der Waals surface area contributed by atoms with Gasteiger partial charge in [0.1, 0.15) is 11.8 Å². The second kappa shape index (κ2) is 6.05. The van der Waals surface area contributed by atoms with Crippen molar-refractivity contribution in [3.05, 3.63) is 35.5 Å². The Bertz CT molecular complexity index is 824. The molecule has 7 nitrogen and oxygen atoms in total. The van der Waals surface area contributed by atoms with Crippen LogP contribution in [0.1, 0.15) is 18.7 Å². The zero-order valence-electron chi connectivity index (χ0n) is 12.3. The van der Waals surface area contributed by atoms with Gasteiger partial charge in [-0.3, -0.25) is 4.79 Å². The van der Waals surface area contributed by atoms with Gasteiger partial charge < -0.3 is 10.1 Å². The number of ether oxygens (including phenoxy) is 1. The van der Waals surface area contributed by atoms with Crippen LogP contribution in [-0.4, -0.2) is 38.4 Å². The van der Waals surface area contributed by atoms with Crippen LogP contribution in [-0.2, 0) is 16.1 Å². The number of carbonyl (C=O) groups is 1. The number of amides is 1. The van der Waals surface area contributed by atoms with Crippen LogP contribution in [0, 0.1) is 0 Å². The maximum atomic E-state index is 12.0. The maximum absolute atomic E-state index is 12.0. The van der Waals surface area contributed by atoms with E-state index in [2.05, 4.69) is 20.6 Å². The summed E-state index contributed by atoms with van der Waals surface area (Å²) in [6.45, 7) is 0.929. The number of nitrogens with zero attached hydrogens (tertiary/aromatic N) is 4. The fourth-order valence-electron chi connectivity index (χ4n) is 2.56. The SMILES string of the molecule is O=C(NCc1nnc2ccc(-c3cccs3)nn12)[C@@H]1CCCO1. The van der Waals surface area contributed by atoms with Gasteiger partial charge in [-0.1, -0.05) is 6.07 Å². The molecule has 1 amide bonds. The molecule has 8 heteroatoms. The molecule has 0 aromatic carbocycles. The predicted molar refractivity (Wildman–Crippen MR) is 84.9 cm³/mol. The first kappa shape index (κ1) is 14.3. The molecule has 4 rings (SSSR count). The molecule has 1 fully saturated rings. The van der Waals surface area contributed by atoms with Crippen molar-refractivity contribution >= 4 is 22.9 Å². The van der Waals surface area contributed by atoms with E-state index in [1.54, 1.807) is 15.9 Å². The molecule has 3 aromatic rings. The first-order chi connectivity index (χ1) is 11.3. The summed E-state index contributed by atoms with van der Waals surface area (Å²) in [4.78, 5) is 13.1. The minimum absolute atomic E-state index is 0.103. The zero-order valence-corrected chi connectivity index (χ0v) is 13.1. The Balaban J connectivity index is 1.55. The van der Waals surface area contributed by atoms with E-state index in [1.165, 1.54) is 0 Å². The third-order valence-corrected chi connectivity index (χ3v) is 4.64. The number of hydrogen-bond donors (Lipinski definition) is 1. The van der Waals surface area contributed by atoms with E-state index >= 15 is 0 Å². The van der Waals surface area contributed by atoms with E-state index in [9.17, 15) is 4.79 Å². The second-order valence-electron chi connectivity index (χ2n) is 5.30. The van der Waals surface area contributed by atoms with Crippen LogP contribution < -0.4 is 5.32 Å². The van der Waals surface area contributed by atoms with Crippen molar-refractivity contribution in [2.75, 3.05) is 6.61 Å². The van der Waals surface area contributed by atoms with Crippen LogP contribution in [0.2, 0.25) is 0 Å². The summed E-state index contributed by atoms with van der Waals surface area (Å²) < 4.78 is 7.04. The number of fused-ring (bicyclic) bond motifs is 1. The lowest BCUT2D eigenvalue weighted by molar-refractivity contribution is -0.130. The number of hydrogen-bond acceptors (Lipinski definition) is 6. The van der Waals surface area contributed by atoms with Crippen LogP contribution in [0.3, 0.4) is 0 Å².